The summed E-state index contributed by atoms with van der Waals surface area (Å²) in [5, 5.41) is 0. The second kappa shape index (κ2) is 7.32. The van der Waals surface area contributed by atoms with E-state index in [9.17, 15) is 9.00 Å². The molecule has 2 heterocycles. The van der Waals surface area contributed by atoms with Gasteiger partial charge in [-0.2, -0.15) is 0 Å². The molecule has 2 saturated heterocycles. The zero-order chi connectivity index (χ0) is 15.4. The van der Waals surface area contributed by atoms with E-state index in [1.54, 1.807) is 17.0 Å². The summed E-state index contributed by atoms with van der Waals surface area (Å²) in [6.45, 7) is 4.66. The molecule has 0 spiro atoms. The summed E-state index contributed by atoms with van der Waals surface area (Å²) in [6, 6.07) is 7.17. The van der Waals surface area contributed by atoms with Gasteiger partial charge in [-0.1, -0.05) is 12.1 Å². The molecule has 0 aliphatic carbocycles. The number of nitrogens with zero attached hydrogens (tertiary/aromatic N) is 2. The molecule has 2 aliphatic heterocycles. The first-order valence-corrected chi connectivity index (χ1v) is 8.58. The molecule has 1 atom stereocenters. The van der Waals surface area contributed by atoms with Crippen LogP contribution in [0.2, 0.25) is 0 Å². The van der Waals surface area contributed by atoms with Gasteiger partial charge in [0.25, 0.3) is 5.91 Å². The summed E-state index contributed by atoms with van der Waals surface area (Å²) in [5.74, 6) is -0.0690. The zero-order valence-electron chi connectivity index (χ0n) is 12.4. The summed E-state index contributed by atoms with van der Waals surface area (Å²) < 4.78 is 25.2. The Morgan fingerprint density at radius 3 is 2.23 bits per heavy atom. The van der Waals surface area contributed by atoms with Crippen LogP contribution in [0, 0.1) is 0 Å². The van der Waals surface area contributed by atoms with E-state index in [0.29, 0.717) is 63.1 Å². The minimum Gasteiger partial charge on any atom is -0.379 e. The quantitative estimate of drug-likeness (QED) is 0.813. The first-order chi connectivity index (χ1) is 10.8. The van der Waals surface area contributed by atoms with E-state index in [2.05, 4.69) is 0 Å². The topological polar surface area (TPSA) is 59.1 Å². The van der Waals surface area contributed by atoms with Crippen LogP contribution in [0.25, 0.3) is 0 Å². The second-order valence-corrected chi connectivity index (χ2v) is 6.65. The molecule has 0 N–H and O–H groups in total. The van der Waals surface area contributed by atoms with Crippen LogP contribution < -0.4 is 0 Å². The van der Waals surface area contributed by atoms with E-state index in [1.807, 2.05) is 16.4 Å². The average Bonchev–Trinajstić information content (AvgIpc) is 2.62. The van der Waals surface area contributed by atoms with Crippen LogP contribution in [0.3, 0.4) is 0 Å². The smallest absolute Gasteiger partial charge is 0.255 e. The van der Waals surface area contributed by atoms with Gasteiger partial charge in [-0.3, -0.25) is 4.79 Å². The fraction of sp³-hybridized carbons (Fsp3) is 0.533. The average molecular weight is 324 g/mol. The van der Waals surface area contributed by atoms with Gasteiger partial charge in [0.15, 0.2) is 0 Å². The first-order valence-electron chi connectivity index (χ1n) is 7.48. The van der Waals surface area contributed by atoms with Gasteiger partial charge in [0.05, 0.1) is 36.9 Å². The molecule has 0 aromatic heterocycles. The number of carbonyl (C=O) groups is 1. The van der Waals surface area contributed by atoms with E-state index in [4.69, 9.17) is 9.47 Å². The molecule has 1 aromatic rings. The number of amides is 1. The van der Waals surface area contributed by atoms with E-state index in [0.717, 1.165) is 0 Å². The van der Waals surface area contributed by atoms with E-state index < -0.39 is 11.0 Å². The molecule has 22 heavy (non-hydrogen) atoms. The van der Waals surface area contributed by atoms with Crippen molar-refractivity contribution in [2.45, 2.75) is 4.90 Å². The molecule has 0 bridgehead atoms. The van der Waals surface area contributed by atoms with Crippen LogP contribution in [0.4, 0.5) is 0 Å². The summed E-state index contributed by atoms with van der Waals surface area (Å²) >= 11 is 0. The molecule has 7 heteroatoms. The van der Waals surface area contributed by atoms with Gasteiger partial charge in [0.1, 0.15) is 11.0 Å². The highest BCUT2D eigenvalue weighted by Crippen LogP contribution is 2.19. The second-order valence-electron chi connectivity index (χ2n) is 5.19. The summed E-state index contributed by atoms with van der Waals surface area (Å²) in [5.41, 5.74) is 0.522. The lowest BCUT2D eigenvalue weighted by Gasteiger charge is -2.29. The van der Waals surface area contributed by atoms with Crippen molar-refractivity contribution in [3.05, 3.63) is 29.8 Å². The predicted molar refractivity (Wildman–Crippen MR) is 82.0 cm³/mol. The number of morpholine rings is 2. The SMILES string of the molecule is O=C(c1ccccc1S(=O)N1CCOCC1)N1CCOCC1. The lowest BCUT2D eigenvalue weighted by atomic mass is 10.2. The summed E-state index contributed by atoms with van der Waals surface area (Å²) in [7, 11) is -1.33. The maximum atomic E-state index is 12.8. The molecule has 1 amide bonds. The Labute approximate surface area is 132 Å². The van der Waals surface area contributed by atoms with Crippen LogP contribution in [0.15, 0.2) is 29.2 Å². The van der Waals surface area contributed by atoms with E-state index in [-0.39, 0.29) is 5.91 Å². The van der Waals surface area contributed by atoms with Gasteiger partial charge < -0.3 is 14.4 Å². The van der Waals surface area contributed by atoms with E-state index >= 15 is 0 Å². The molecular weight excluding hydrogens is 304 g/mol. The van der Waals surface area contributed by atoms with Crippen LogP contribution in [0.1, 0.15) is 10.4 Å². The van der Waals surface area contributed by atoms with Gasteiger partial charge in [-0.15, -0.1) is 0 Å². The number of rotatable bonds is 3. The third-order valence-corrected chi connectivity index (χ3v) is 5.37. The molecule has 120 valence electrons. The lowest BCUT2D eigenvalue weighted by molar-refractivity contribution is 0.0300. The number of ether oxygens (including phenoxy) is 2. The van der Waals surface area contributed by atoms with Crippen LogP contribution >= 0.6 is 0 Å². The minimum atomic E-state index is -1.33. The zero-order valence-corrected chi connectivity index (χ0v) is 13.2. The largest absolute Gasteiger partial charge is 0.379 e. The van der Waals surface area contributed by atoms with Crippen molar-refractivity contribution >= 4 is 16.9 Å². The fourth-order valence-corrected chi connectivity index (χ4v) is 3.88. The van der Waals surface area contributed by atoms with Gasteiger partial charge >= 0.3 is 0 Å². The van der Waals surface area contributed by atoms with Crippen molar-refractivity contribution in [3.63, 3.8) is 0 Å². The molecule has 2 aliphatic rings. The van der Waals surface area contributed by atoms with Crippen LogP contribution in [-0.2, 0) is 20.5 Å². The molecule has 3 rings (SSSR count). The Hall–Kier alpha value is -1.28. The maximum Gasteiger partial charge on any atom is 0.255 e. The number of hydrogen-bond donors (Lipinski definition) is 0. The third kappa shape index (κ3) is 3.38. The molecule has 0 saturated carbocycles. The standard InChI is InChI=1S/C15H20N2O4S/c18-15(16-5-9-20-10-6-16)13-3-1-2-4-14(13)22(19)17-7-11-21-12-8-17/h1-4H,5-12H2. The van der Waals surface area contributed by atoms with Crippen LogP contribution in [0.5, 0.6) is 0 Å². The van der Waals surface area contributed by atoms with Crippen LogP contribution in [-0.4, -0.2) is 71.9 Å². The first kappa shape index (κ1) is 15.6. The number of benzene rings is 1. The predicted octanol–water partition coefficient (Wildman–Crippen LogP) is 0.514. The van der Waals surface area contributed by atoms with Crippen molar-refractivity contribution < 1.29 is 18.5 Å². The summed E-state index contributed by atoms with van der Waals surface area (Å²) in [4.78, 5) is 15.0. The Kier molecular flexibility index (Phi) is 5.20. The Bertz CT molecular complexity index is 505. The lowest BCUT2D eigenvalue weighted by Crippen LogP contribution is -2.42. The van der Waals surface area contributed by atoms with Crippen molar-refractivity contribution in [1.82, 2.24) is 9.21 Å². The van der Waals surface area contributed by atoms with Gasteiger partial charge in [-0.05, 0) is 12.1 Å². The molecule has 1 unspecified atom stereocenters. The molecular formula is C15H20N2O4S. The minimum absolute atomic E-state index is 0.0690. The Morgan fingerprint density at radius 2 is 1.55 bits per heavy atom. The van der Waals surface area contributed by atoms with Crippen molar-refractivity contribution in [3.8, 4) is 0 Å². The van der Waals surface area contributed by atoms with Crippen molar-refractivity contribution in [2.75, 3.05) is 52.6 Å². The number of carbonyl (C=O) groups excluding carboxylic acids is 1. The highest BCUT2D eigenvalue weighted by molar-refractivity contribution is 7.82. The van der Waals surface area contributed by atoms with Gasteiger partial charge in [0.2, 0.25) is 0 Å². The van der Waals surface area contributed by atoms with Gasteiger partial charge in [-0.25, -0.2) is 8.51 Å². The fourth-order valence-electron chi connectivity index (χ4n) is 2.58. The van der Waals surface area contributed by atoms with E-state index in [1.165, 1.54) is 0 Å². The Morgan fingerprint density at radius 1 is 0.955 bits per heavy atom. The highest BCUT2D eigenvalue weighted by Gasteiger charge is 2.26. The van der Waals surface area contributed by atoms with Gasteiger partial charge in [0, 0.05) is 26.2 Å². The summed E-state index contributed by atoms with van der Waals surface area (Å²) in [6.07, 6.45) is 0. The number of hydrogen-bond acceptors (Lipinski definition) is 4. The Balaban J connectivity index is 1.82. The monoisotopic (exact) mass is 324 g/mol. The molecule has 0 radical (unpaired) electrons. The highest BCUT2D eigenvalue weighted by atomic mass is 32.2. The maximum absolute atomic E-state index is 12.8. The molecule has 2 fully saturated rings. The van der Waals surface area contributed by atoms with Crippen molar-refractivity contribution in [2.24, 2.45) is 0 Å². The third-order valence-electron chi connectivity index (χ3n) is 3.81. The van der Waals surface area contributed by atoms with Crippen molar-refractivity contribution in [1.29, 1.82) is 0 Å². The molecule has 6 nitrogen and oxygen atoms in total. The molecule has 1 aromatic carbocycles. The normalized spacial score (nSPS) is 21.5.